The van der Waals surface area contributed by atoms with E-state index in [2.05, 4.69) is 20.2 Å². The Kier molecular flexibility index (Phi) is 7.60. The summed E-state index contributed by atoms with van der Waals surface area (Å²) in [6, 6.07) is 7.63. The largest absolute Gasteiger partial charge is 0.486 e. The molecule has 11 heteroatoms. The standard InChI is InChI=1S/C28H31F3N6O2/c1-16(2)37-9-10-39-26-22(30)11-19(12-24(26)37)25-23(31)14-33-28(35-25)34-20-4-3-18(21(29)13-20)15-36-7-5-17(6-8-36)27(32)38/h3-4,11-14,16-17H,5-10,15H2,1-2H3,(H2,32,38)(H,33,34,35). The summed E-state index contributed by atoms with van der Waals surface area (Å²) in [6.07, 6.45) is 2.33. The van der Waals surface area contributed by atoms with Crippen molar-refractivity contribution in [1.29, 1.82) is 0 Å². The van der Waals surface area contributed by atoms with Crippen molar-refractivity contribution in [3.63, 3.8) is 0 Å². The molecule has 3 heterocycles. The maximum Gasteiger partial charge on any atom is 0.227 e. The number of ether oxygens (including phenoxy) is 1. The van der Waals surface area contributed by atoms with Gasteiger partial charge in [0.2, 0.25) is 11.9 Å². The second-order valence-corrected chi connectivity index (χ2v) is 10.2. The highest BCUT2D eigenvalue weighted by Gasteiger charge is 2.26. The molecule has 1 amide bonds. The first-order valence-electron chi connectivity index (χ1n) is 13.0. The lowest BCUT2D eigenvalue weighted by molar-refractivity contribution is -0.123. The Morgan fingerprint density at radius 1 is 1.10 bits per heavy atom. The van der Waals surface area contributed by atoms with Crippen LogP contribution < -0.4 is 20.7 Å². The maximum atomic E-state index is 14.9. The monoisotopic (exact) mass is 540 g/mol. The molecule has 2 aliphatic rings. The van der Waals surface area contributed by atoms with Gasteiger partial charge in [-0.05, 0) is 64.0 Å². The molecule has 1 aromatic heterocycles. The maximum absolute atomic E-state index is 14.9. The van der Waals surface area contributed by atoms with E-state index >= 15 is 0 Å². The number of amides is 1. The SMILES string of the molecule is CC(C)N1CCOc2c(F)cc(-c3nc(Nc4ccc(CN5CCC(C(N)=O)CC5)c(F)c4)ncc3F)cc21. The minimum absolute atomic E-state index is 0.0437. The van der Waals surface area contributed by atoms with Crippen LogP contribution in [0.25, 0.3) is 11.3 Å². The van der Waals surface area contributed by atoms with Gasteiger partial charge in [-0.3, -0.25) is 9.69 Å². The number of aromatic nitrogens is 2. The van der Waals surface area contributed by atoms with E-state index in [4.69, 9.17) is 10.5 Å². The summed E-state index contributed by atoms with van der Waals surface area (Å²) in [4.78, 5) is 23.7. The average Bonchev–Trinajstić information content (AvgIpc) is 2.91. The van der Waals surface area contributed by atoms with Gasteiger partial charge in [-0.25, -0.2) is 23.1 Å². The smallest absolute Gasteiger partial charge is 0.227 e. The fourth-order valence-corrected chi connectivity index (χ4v) is 5.10. The van der Waals surface area contributed by atoms with E-state index in [0.717, 1.165) is 6.20 Å². The molecule has 0 radical (unpaired) electrons. The van der Waals surface area contributed by atoms with Gasteiger partial charge in [-0.1, -0.05) is 6.07 Å². The minimum Gasteiger partial charge on any atom is -0.486 e. The summed E-state index contributed by atoms with van der Waals surface area (Å²) in [7, 11) is 0. The Morgan fingerprint density at radius 2 is 1.87 bits per heavy atom. The molecule has 5 rings (SSSR count). The van der Waals surface area contributed by atoms with Crippen molar-refractivity contribution in [2.45, 2.75) is 39.3 Å². The van der Waals surface area contributed by atoms with E-state index < -0.39 is 17.5 Å². The third kappa shape index (κ3) is 5.78. The Morgan fingerprint density at radius 3 is 2.56 bits per heavy atom. The van der Waals surface area contributed by atoms with Crippen LogP contribution in [0.3, 0.4) is 0 Å². The molecule has 1 saturated heterocycles. The van der Waals surface area contributed by atoms with Crippen LogP contribution in [0.1, 0.15) is 32.3 Å². The van der Waals surface area contributed by atoms with E-state index in [1.54, 1.807) is 18.2 Å². The zero-order valence-electron chi connectivity index (χ0n) is 21.9. The van der Waals surface area contributed by atoms with Gasteiger partial charge in [0.15, 0.2) is 17.4 Å². The van der Waals surface area contributed by atoms with Crippen molar-refractivity contribution in [2.24, 2.45) is 11.7 Å². The first-order chi connectivity index (χ1) is 18.7. The van der Waals surface area contributed by atoms with Crippen LogP contribution >= 0.6 is 0 Å². The molecule has 0 spiro atoms. The Balaban J connectivity index is 1.33. The van der Waals surface area contributed by atoms with E-state index in [1.807, 2.05) is 18.7 Å². The topological polar surface area (TPSA) is 96.6 Å². The van der Waals surface area contributed by atoms with Crippen molar-refractivity contribution in [3.05, 3.63) is 59.5 Å². The number of halogens is 3. The number of fused-ring (bicyclic) bond motifs is 1. The normalized spacial score (nSPS) is 16.2. The quantitative estimate of drug-likeness (QED) is 0.452. The highest BCUT2D eigenvalue weighted by atomic mass is 19.1. The van der Waals surface area contributed by atoms with Crippen LogP contribution in [0.15, 0.2) is 36.5 Å². The third-order valence-corrected chi connectivity index (χ3v) is 7.25. The van der Waals surface area contributed by atoms with Crippen molar-refractivity contribution in [1.82, 2.24) is 14.9 Å². The molecule has 0 aliphatic carbocycles. The summed E-state index contributed by atoms with van der Waals surface area (Å²) in [5.41, 5.74) is 6.99. The number of carbonyl (C=O) groups excluding carboxylic acids is 1. The molecule has 0 unspecified atom stereocenters. The molecule has 206 valence electrons. The number of benzene rings is 2. The highest BCUT2D eigenvalue weighted by molar-refractivity contribution is 5.76. The van der Waals surface area contributed by atoms with Crippen LogP contribution in [0.4, 0.5) is 30.5 Å². The van der Waals surface area contributed by atoms with E-state index in [9.17, 15) is 18.0 Å². The second kappa shape index (κ2) is 11.1. The van der Waals surface area contributed by atoms with Gasteiger partial charge in [-0.15, -0.1) is 0 Å². The van der Waals surface area contributed by atoms with Crippen LogP contribution in [0, 0.1) is 23.4 Å². The number of nitrogens with two attached hydrogens (primary N) is 1. The summed E-state index contributed by atoms with van der Waals surface area (Å²) < 4.78 is 50.2. The predicted octanol–water partition coefficient (Wildman–Crippen LogP) is 4.61. The zero-order valence-corrected chi connectivity index (χ0v) is 21.9. The number of carbonyl (C=O) groups is 1. The van der Waals surface area contributed by atoms with Crippen molar-refractivity contribution >= 4 is 23.2 Å². The highest BCUT2D eigenvalue weighted by Crippen LogP contribution is 2.39. The third-order valence-electron chi connectivity index (χ3n) is 7.25. The van der Waals surface area contributed by atoms with Gasteiger partial charge >= 0.3 is 0 Å². The molecular formula is C28H31F3N6O2. The van der Waals surface area contributed by atoms with Gasteiger partial charge in [0.05, 0.1) is 18.4 Å². The Labute approximate surface area is 225 Å². The molecule has 3 N–H and O–H groups in total. The molecule has 3 aromatic rings. The Bertz CT molecular complexity index is 1380. The molecular weight excluding hydrogens is 509 g/mol. The van der Waals surface area contributed by atoms with Crippen molar-refractivity contribution < 1.29 is 22.7 Å². The summed E-state index contributed by atoms with van der Waals surface area (Å²) in [5.74, 6) is -1.96. The molecule has 1 fully saturated rings. The van der Waals surface area contributed by atoms with Crippen LogP contribution in [-0.4, -0.2) is 53.1 Å². The van der Waals surface area contributed by atoms with Crippen LogP contribution in [0.5, 0.6) is 5.75 Å². The van der Waals surface area contributed by atoms with E-state index in [1.165, 1.54) is 12.1 Å². The van der Waals surface area contributed by atoms with Gasteiger partial charge < -0.3 is 20.7 Å². The molecule has 2 aromatic carbocycles. The van der Waals surface area contributed by atoms with Crippen molar-refractivity contribution in [3.8, 4) is 17.0 Å². The fourth-order valence-electron chi connectivity index (χ4n) is 5.10. The number of hydrogen-bond donors (Lipinski definition) is 2. The fraction of sp³-hybridized carbons (Fsp3) is 0.393. The number of nitrogens with one attached hydrogen (secondary N) is 1. The zero-order chi connectivity index (χ0) is 27.7. The first kappa shape index (κ1) is 26.7. The molecule has 2 aliphatic heterocycles. The summed E-state index contributed by atoms with van der Waals surface area (Å²) in [5, 5.41) is 2.91. The van der Waals surface area contributed by atoms with E-state index in [0.29, 0.717) is 62.6 Å². The Hall–Kier alpha value is -3.86. The van der Waals surface area contributed by atoms with Gasteiger partial charge in [0.1, 0.15) is 18.1 Å². The number of primary amides is 1. The summed E-state index contributed by atoms with van der Waals surface area (Å²) in [6.45, 7) is 6.68. The molecule has 39 heavy (non-hydrogen) atoms. The summed E-state index contributed by atoms with van der Waals surface area (Å²) >= 11 is 0. The van der Waals surface area contributed by atoms with Crippen LogP contribution in [-0.2, 0) is 11.3 Å². The molecule has 0 bridgehead atoms. The predicted molar refractivity (Wildman–Crippen MR) is 142 cm³/mol. The first-order valence-corrected chi connectivity index (χ1v) is 13.0. The number of rotatable bonds is 7. The molecule has 8 nitrogen and oxygen atoms in total. The number of hydrogen-bond acceptors (Lipinski definition) is 7. The average molecular weight is 541 g/mol. The number of piperidine rings is 1. The molecule has 0 saturated carbocycles. The number of nitrogens with zero attached hydrogens (tertiary/aromatic N) is 4. The van der Waals surface area contributed by atoms with Crippen LogP contribution in [0.2, 0.25) is 0 Å². The number of anilines is 3. The second-order valence-electron chi connectivity index (χ2n) is 10.2. The number of likely N-dealkylation sites (tertiary alicyclic amines) is 1. The van der Waals surface area contributed by atoms with Gasteiger partial charge in [0, 0.05) is 35.3 Å². The van der Waals surface area contributed by atoms with Crippen molar-refractivity contribution in [2.75, 3.05) is 36.5 Å². The minimum atomic E-state index is -0.714. The lowest BCUT2D eigenvalue weighted by Crippen LogP contribution is -2.38. The van der Waals surface area contributed by atoms with Gasteiger partial charge in [0.25, 0.3) is 0 Å². The molecule has 0 atom stereocenters. The lowest BCUT2D eigenvalue weighted by atomic mass is 9.96. The van der Waals surface area contributed by atoms with E-state index in [-0.39, 0.29) is 40.8 Å². The lowest BCUT2D eigenvalue weighted by Gasteiger charge is -2.34. The van der Waals surface area contributed by atoms with Gasteiger partial charge in [-0.2, -0.15) is 0 Å².